The molecule has 1 aromatic rings. The van der Waals surface area contributed by atoms with Gasteiger partial charge in [0.25, 0.3) is 0 Å². The average Bonchev–Trinajstić information content (AvgIpc) is 3.06. The minimum Gasteiger partial charge on any atom is -0.396 e. The van der Waals surface area contributed by atoms with E-state index >= 15 is 0 Å². The highest BCUT2D eigenvalue weighted by molar-refractivity contribution is 7.09. The van der Waals surface area contributed by atoms with Gasteiger partial charge in [0.1, 0.15) is 0 Å². The summed E-state index contributed by atoms with van der Waals surface area (Å²) in [5, 5.41) is 15.2. The number of amides is 2. The number of carbonyl (C=O) groups is 1. The number of carbonyl (C=O) groups excluding carboxylic acids is 1. The van der Waals surface area contributed by atoms with E-state index in [9.17, 15) is 4.79 Å². The van der Waals surface area contributed by atoms with Crippen molar-refractivity contribution in [3.05, 3.63) is 16.1 Å². The summed E-state index contributed by atoms with van der Waals surface area (Å²) in [6.45, 7) is 8.63. The number of nitrogens with one attached hydrogen (secondary N) is 1. The first kappa shape index (κ1) is 16.2. The average molecular weight is 311 g/mol. The summed E-state index contributed by atoms with van der Waals surface area (Å²) in [7, 11) is 0. The molecule has 1 unspecified atom stereocenters. The Hall–Kier alpha value is -1.14. The van der Waals surface area contributed by atoms with Gasteiger partial charge in [-0.1, -0.05) is 20.8 Å². The third-order valence-corrected chi connectivity index (χ3v) is 5.00. The zero-order valence-electron chi connectivity index (χ0n) is 13.1. The maximum Gasteiger partial charge on any atom is 0.317 e. The van der Waals surface area contributed by atoms with Crippen LogP contribution in [0.1, 0.15) is 37.9 Å². The fraction of sp³-hybridized carbons (Fsp3) is 0.733. The molecule has 2 N–H and O–H groups in total. The minimum atomic E-state index is -0.0303. The fourth-order valence-electron chi connectivity index (χ4n) is 2.34. The number of rotatable bonds is 4. The first-order chi connectivity index (χ1) is 9.90. The van der Waals surface area contributed by atoms with Crippen LogP contribution >= 0.6 is 11.3 Å². The first-order valence-electron chi connectivity index (χ1n) is 7.48. The largest absolute Gasteiger partial charge is 0.396 e. The molecule has 1 aromatic heterocycles. The second-order valence-electron chi connectivity index (χ2n) is 6.66. The zero-order chi connectivity index (χ0) is 15.5. The van der Waals surface area contributed by atoms with Crippen LogP contribution in [0.25, 0.3) is 0 Å². The predicted molar refractivity (Wildman–Crippen MR) is 84.7 cm³/mol. The molecular weight excluding hydrogens is 286 g/mol. The van der Waals surface area contributed by atoms with Gasteiger partial charge in [0.15, 0.2) is 0 Å². The van der Waals surface area contributed by atoms with Crippen LogP contribution in [0.5, 0.6) is 0 Å². The summed E-state index contributed by atoms with van der Waals surface area (Å²) in [6, 6.07) is -0.0303. The van der Waals surface area contributed by atoms with E-state index in [1.807, 2.05) is 0 Å². The van der Waals surface area contributed by atoms with Crippen LogP contribution in [-0.4, -0.2) is 47.3 Å². The Kier molecular flexibility index (Phi) is 5.22. The third kappa shape index (κ3) is 4.41. The summed E-state index contributed by atoms with van der Waals surface area (Å²) in [6.07, 6.45) is 1.65. The van der Waals surface area contributed by atoms with Gasteiger partial charge in [0.2, 0.25) is 0 Å². The monoisotopic (exact) mass is 311 g/mol. The molecule has 0 aliphatic carbocycles. The fourth-order valence-corrected chi connectivity index (χ4v) is 3.28. The molecule has 1 atom stereocenters. The number of nitrogens with zero attached hydrogens (tertiary/aromatic N) is 2. The molecule has 1 aliphatic rings. The van der Waals surface area contributed by atoms with Crippen molar-refractivity contribution in [3.63, 3.8) is 0 Å². The lowest BCUT2D eigenvalue weighted by Gasteiger charge is -2.16. The lowest BCUT2D eigenvalue weighted by Crippen LogP contribution is -2.39. The van der Waals surface area contributed by atoms with Crippen LogP contribution in [0, 0.1) is 5.92 Å². The summed E-state index contributed by atoms with van der Waals surface area (Å²) >= 11 is 1.68. The van der Waals surface area contributed by atoms with E-state index in [0.717, 1.165) is 30.1 Å². The molecule has 0 bridgehead atoms. The van der Waals surface area contributed by atoms with E-state index in [2.05, 4.69) is 36.5 Å². The molecular formula is C15H25N3O2S. The second-order valence-corrected chi connectivity index (χ2v) is 7.52. The van der Waals surface area contributed by atoms with Gasteiger partial charge >= 0.3 is 6.03 Å². The number of hydrogen-bond acceptors (Lipinski definition) is 4. The summed E-state index contributed by atoms with van der Waals surface area (Å²) in [5.74, 6) is 0.239. The molecule has 21 heavy (non-hydrogen) atoms. The van der Waals surface area contributed by atoms with Crippen molar-refractivity contribution in [1.82, 2.24) is 15.2 Å². The van der Waals surface area contributed by atoms with Gasteiger partial charge < -0.3 is 15.3 Å². The van der Waals surface area contributed by atoms with Crippen LogP contribution in [-0.2, 0) is 11.8 Å². The van der Waals surface area contributed by atoms with Crippen LogP contribution < -0.4 is 5.32 Å². The quantitative estimate of drug-likeness (QED) is 0.894. The summed E-state index contributed by atoms with van der Waals surface area (Å²) in [5.41, 5.74) is 1.13. The Labute approximate surface area is 130 Å². The molecule has 2 amide bonds. The highest BCUT2D eigenvalue weighted by Gasteiger charge is 2.25. The molecule has 0 saturated carbocycles. The molecule has 0 spiro atoms. The van der Waals surface area contributed by atoms with E-state index in [-0.39, 0.29) is 24.0 Å². The predicted octanol–water partition coefficient (Wildman–Crippen LogP) is 2.01. The molecule has 1 fully saturated rings. The highest BCUT2D eigenvalue weighted by Crippen LogP contribution is 2.25. The van der Waals surface area contributed by atoms with Gasteiger partial charge in [-0.3, -0.25) is 0 Å². The molecule has 5 nitrogen and oxygen atoms in total. The van der Waals surface area contributed by atoms with Crippen LogP contribution in [0.3, 0.4) is 0 Å². The number of likely N-dealkylation sites (tertiary alicyclic amines) is 1. The topological polar surface area (TPSA) is 65.5 Å². The van der Waals surface area contributed by atoms with Crippen molar-refractivity contribution < 1.29 is 9.90 Å². The minimum absolute atomic E-state index is 0.0303. The SMILES string of the molecule is CC(C)(C)c1nc(CCNC(=O)N2CCC(CO)C2)cs1. The third-order valence-electron chi connectivity index (χ3n) is 3.68. The van der Waals surface area contributed by atoms with Crippen molar-refractivity contribution >= 4 is 17.4 Å². The molecule has 6 heteroatoms. The lowest BCUT2D eigenvalue weighted by molar-refractivity contribution is 0.198. The molecule has 1 saturated heterocycles. The normalized spacial score (nSPS) is 19.0. The smallest absolute Gasteiger partial charge is 0.317 e. The Bertz CT molecular complexity index is 482. The molecule has 2 heterocycles. The number of urea groups is 1. The van der Waals surface area contributed by atoms with E-state index in [4.69, 9.17) is 5.11 Å². The maximum absolute atomic E-state index is 12.0. The molecule has 0 radical (unpaired) electrons. The van der Waals surface area contributed by atoms with Gasteiger partial charge in [0.05, 0.1) is 10.7 Å². The van der Waals surface area contributed by atoms with Gasteiger partial charge in [-0.05, 0) is 6.42 Å². The standard InChI is InChI=1S/C15H25N3O2S/c1-15(2,3)13-17-12(10-21-13)4-6-16-14(20)18-7-5-11(8-18)9-19/h10-11,19H,4-9H2,1-3H3,(H,16,20). The number of hydrogen-bond donors (Lipinski definition) is 2. The molecule has 1 aliphatic heterocycles. The Morgan fingerprint density at radius 3 is 2.90 bits per heavy atom. The molecule has 118 valence electrons. The Morgan fingerprint density at radius 2 is 2.33 bits per heavy atom. The van der Waals surface area contributed by atoms with E-state index in [1.54, 1.807) is 16.2 Å². The van der Waals surface area contributed by atoms with Crippen LogP contribution in [0.4, 0.5) is 4.79 Å². The number of aliphatic hydroxyl groups is 1. The van der Waals surface area contributed by atoms with Crippen molar-refractivity contribution in [2.45, 2.75) is 39.0 Å². The Balaban J connectivity index is 1.74. The van der Waals surface area contributed by atoms with Gasteiger partial charge in [0, 0.05) is 49.4 Å². The van der Waals surface area contributed by atoms with Crippen LogP contribution in [0.2, 0.25) is 0 Å². The van der Waals surface area contributed by atoms with Crippen LogP contribution in [0.15, 0.2) is 5.38 Å². The summed E-state index contributed by atoms with van der Waals surface area (Å²) < 4.78 is 0. The van der Waals surface area contributed by atoms with E-state index in [0.29, 0.717) is 13.1 Å². The molecule has 2 rings (SSSR count). The molecule has 0 aromatic carbocycles. The second kappa shape index (κ2) is 6.75. The van der Waals surface area contributed by atoms with Gasteiger partial charge in [-0.15, -0.1) is 11.3 Å². The maximum atomic E-state index is 12.0. The number of thiazole rings is 1. The van der Waals surface area contributed by atoms with Gasteiger partial charge in [-0.2, -0.15) is 0 Å². The first-order valence-corrected chi connectivity index (χ1v) is 8.36. The van der Waals surface area contributed by atoms with Gasteiger partial charge in [-0.25, -0.2) is 9.78 Å². The number of aromatic nitrogens is 1. The van der Waals surface area contributed by atoms with E-state index < -0.39 is 0 Å². The number of aliphatic hydroxyl groups excluding tert-OH is 1. The summed E-state index contributed by atoms with van der Waals surface area (Å²) in [4.78, 5) is 18.4. The zero-order valence-corrected chi connectivity index (χ0v) is 13.9. The van der Waals surface area contributed by atoms with Crippen molar-refractivity contribution in [1.29, 1.82) is 0 Å². The van der Waals surface area contributed by atoms with Crippen molar-refractivity contribution in [2.75, 3.05) is 26.2 Å². The Morgan fingerprint density at radius 1 is 1.57 bits per heavy atom. The van der Waals surface area contributed by atoms with Crippen molar-refractivity contribution in [3.8, 4) is 0 Å². The highest BCUT2D eigenvalue weighted by atomic mass is 32.1. The van der Waals surface area contributed by atoms with Crippen molar-refractivity contribution in [2.24, 2.45) is 5.92 Å². The lowest BCUT2D eigenvalue weighted by atomic mass is 9.98. The van der Waals surface area contributed by atoms with E-state index in [1.165, 1.54) is 0 Å².